The first kappa shape index (κ1) is 22.2. The molecule has 0 bridgehead atoms. The molecule has 31 heavy (non-hydrogen) atoms. The lowest BCUT2D eigenvalue weighted by molar-refractivity contribution is 0.0950. The monoisotopic (exact) mass is 442 g/mol. The molecule has 0 aliphatic heterocycles. The summed E-state index contributed by atoms with van der Waals surface area (Å²) in [6, 6.07) is 12.2. The highest BCUT2D eigenvalue weighted by Crippen LogP contribution is 2.38. The lowest BCUT2D eigenvalue weighted by Gasteiger charge is -2.15. The Bertz CT molecular complexity index is 1060. The van der Waals surface area contributed by atoms with Crippen molar-refractivity contribution in [3.05, 3.63) is 64.8 Å². The Morgan fingerprint density at radius 2 is 1.61 bits per heavy atom. The van der Waals surface area contributed by atoms with Crippen LogP contribution in [0.4, 0.5) is 0 Å². The molecule has 1 amide bonds. The number of ether oxygens (including phenoxy) is 4. The van der Waals surface area contributed by atoms with E-state index in [9.17, 15) is 4.79 Å². The average molecular weight is 443 g/mol. The van der Waals surface area contributed by atoms with Gasteiger partial charge >= 0.3 is 0 Å². The van der Waals surface area contributed by atoms with Gasteiger partial charge < -0.3 is 24.3 Å². The zero-order chi connectivity index (χ0) is 22.4. The predicted octanol–water partition coefficient (Wildman–Crippen LogP) is 4.37. The summed E-state index contributed by atoms with van der Waals surface area (Å²) >= 11 is 6.25. The fourth-order valence-electron chi connectivity index (χ4n) is 3.13. The highest BCUT2D eigenvalue weighted by molar-refractivity contribution is 6.33. The molecule has 0 aliphatic carbocycles. The number of aromatic nitrogens is 1. The largest absolute Gasteiger partial charge is 0.496 e. The van der Waals surface area contributed by atoms with Crippen LogP contribution in [0.15, 0.2) is 48.7 Å². The molecule has 1 heterocycles. The SMILES string of the molecule is COc1cc(C(=O)NCc2cc(OC)c(OC)c(OC)c2)ccc1-c1ncccc1Cl. The van der Waals surface area contributed by atoms with E-state index in [4.69, 9.17) is 30.5 Å². The van der Waals surface area contributed by atoms with E-state index >= 15 is 0 Å². The predicted molar refractivity (Wildman–Crippen MR) is 119 cm³/mol. The molecule has 162 valence electrons. The smallest absolute Gasteiger partial charge is 0.251 e. The molecular weight excluding hydrogens is 420 g/mol. The molecule has 7 nitrogen and oxygen atoms in total. The molecule has 1 N–H and O–H groups in total. The molecule has 8 heteroatoms. The van der Waals surface area contributed by atoms with E-state index < -0.39 is 0 Å². The maximum atomic E-state index is 12.7. The maximum Gasteiger partial charge on any atom is 0.251 e. The summed E-state index contributed by atoms with van der Waals surface area (Å²) in [5.74, 6) is 1.77. The Hall–Kier alpha value is -3.45. The third-order valence-corrected chi connectivity index (χ3v) is 4.96. The van der Waals surface area contributed by atoms with Crippen LogP contribution >= 0.6 is 11.6 Å². The number of nitrogens with zero attached hydrogens (tertiary/aromatic N) is 1. The molecule has 0 radical (unpaired) electrons. The summed E-state index contributed by atoms with van der Waals surface area (Å²) in [5.41, 5.74) is 2.53. The molecular formula is C23H23ClN2O5. The molecule has 0 atom stereocenters. The molecule has 0 saturated carbocycles. The van der Waals surface area contributed by atoms with E-state index in [1.54, 1.807) is 62.9 Å². The van der Waals surface area contributed by atoms with E-state index in [-0.39, 0.29) is 12.5 Å². The fourth-order valence-corrected chi connectivity index (χ4v) is 3.36. The number of hydrogen-bond donors (Lipinski definition) is 1. The molecule has 3 aromatic rings. The van der Waals surface area contributed by atoms with Gasteiger partial charge in [-0.15, -0.1) is 0 Å². The zero-order valence-corrected chi connectivity index (χ0v) is 18.4. The lowest BCUT2D eigenvalue weighted by Crippen LogP contribution is -2.23. The molecule has 0 aliphatic rings. The number of benzene rings is 2. The number of rotatable bonds is 8. The maximum absolute atomic E-state index is 12.7. The third-order valence-electron chi connectivity index (χ3n) is 4.65. The van der Waals surface area contributed by atoms with Crippen molar-refractivity contribution in [2.24, 2.45) is 0 Å². The number of halogens is 1. The molecule has 0 saturated heterocycles. The number of carbonyl (C=O) groups excluding carboxylic acids is 1. The van der Waals surface area contributed by atoms with Crippen molar-refractivity contribution in [1.29, 1.82) is 0 Å². The van der Waals surface area contributed by atoms with Crippen molar-refractivity contribution in [3.63, 3.8) is 0 Å². The molecule has 0 spiro atoms. The molecule has 0 fully saturated rings. The van der Waals surface area contributed by atoms with Gasteiger partial charge in [-0.05, 0) is 48.0 Å². The van der Waals surface area contributed by atoms with Crippen LogP contribution in [0.25, 0.3) is 11.3 Å². The first-order valence-corrected chi connectivity index (χ1v) is 9.76. The third kappa shape index (κ3) is 4.83. The van der Waals surface area contributed by atoms with Gasteiger partial charge in [-0.2, -0.15) is 0 Å². The van der Waals surface area contributed by atoms with Gasteiger partial charge in [-0.3, -0.25) is 9.78 Å². The van der Waals surface area contributed by atoms with Gasteiger partial charge in [0.2, 0.25) is 5.75 Å². The van der Waals surface area contributed by atoms with Crippen molar-refractivity contribution in [1.82, 2.24) is 10.3 Å². The first-order valence-electron chi connectivity index (χ1n) is 9.38. The van der Waals surface area contributed by atoms with Crippen molar-refractivity contribution >= 4 is 17.5 Å². The van der Waals surface area contributed by atoms with E-state index in [1.807, 2.05) is 0 Å². The minimum Gasteiger partial charge on any atom is -0.496 e. The van der Waals surface area contributed by atoms with E-state index in [0.717, 1.165) is 5.56 Å². The van der Waals surface area contributed by atoms with Gasteiger partial charge in [0.15, 0.2) is 11.5 Å². The first-order chi connectivity index (χ1) is 15.0. The van der Waals surface area contributed by atoms with E-state index in [1.165, 1.54) is 14.2 Å². The van der Waals surface area contributed by atoms with Crippen LogP contribution in [0.3, 0.4) is 0 Å². The second kappa shape index (κ2) is 10.0. The van der Waals surface area contributed by atoms with E-state index in [0.29, 0.717) is 44.8 Å². The summed E-state index contributed by atoms with van der Waals surface area (Å²) in [4.78, 5) is 17.0. The fraction of sp³-hybridized carbons (Fsp3) is 0.217. The van der Waals surface area contributed by atoms with Gasteiger partial charge in [0.1, 0.15) is 5.75 Å². The number of amides is 1. The lowest BCUT2D eigenvalue weighted by atomic mass is 10.1. The number of pyridine rings is 1. The van der Waals surface area contributed by atoms with Gasteiger partial charge in [-0.25, -0.2) is 0 Å². The van der Waals surface area contributed by atoms with Gasteiger partial charge in [-0.1, -0.05) is 11.6 Å². The van der Waals surface area contributed by atoms with Gasteiger partial charge in [0.25, 0.3) is 5.91 Å². The van der Waals surface area contributed by atoms with Crippen molar-refractivity contribution in [2.75, 3.05) is 28.4 Å². The zero-order valence-electron chi connectivity index (χ0n) is 17.7. The normalized spacial score (nSPS) is 10.4. The number of hydrogen-bond acceptors (Lipinski definition) is 6. The average Bonchev–Trinajstić information content (AvgIpc) is 2.81. The summed E-state index contributed by atoms with van der Waals surface area (Å²) in [5, 5.41) is 3.39. The van der Waals surface area contributed by atoms with Crippen LogP contribution in [-0.2, 0) is 6.54 Å². The van der Waals surface area contributed by atoms with Gasteiger partial charge in [0.05, 0.1) is 39.2 Å². The number of methoxy groups -OCH3 is 4. The second-order valence-corrected chi connectivity index (χ2v) is 6.87. The quantitative estimate of drug-likeness (QED) is 0.558. The van der Waals surface area contributed by atoms with Crippen molar-refractivity contribution in [3.8, 4) is 34.3 Å². The second-order valence-electron chi connectivity index (χ2n) is 6.47. The minimum absolute atomic E-state index is 0.259. The Balaban J connectivity index is 1.81. The topological polar surface area (TPSA) is 78.9 Å². The highest BCUT2D eigenvalue weighted by Gasteiger charge is 2.16. The summed E-state index contributed by atoms with van der Waals surface area (Å²) in [6.45, 7) is 0.270. The Labute approximate surface area is 185 Å². The van der Waals surface area contributed by atoms with Crippen LogP contribution < -0.4 is 24.3 Å². The van der Waals surface area contributed by atoms with E-state index in [2.05, 4.69) is 10.3 Å². The molecule has 1 aromatic heterocycles. The summed E-state index contributed by atoms with van der Waals surface area (Å²) < 4.78 is 21.5. The van der Waals surface area contributed by atoms with Crippen LogP contribution in [0.5, 0.6) is 23.0 Å². The molecule has 2 aromatic carbocycles. The Morgan fingerprint density at radius 3 is 2.19 bits per heavy atom. The molecule has 3 rings (SSSR count). The minimum atomic E-state index is -0.259. The van der Waals surface area contributed by atoms with Crippen LogP contribution in [-0.4, -0.2) is 39.3 Å². The summed E-state index contributed by atoms with van der Waals surface area (Å²) in [6.07, 6.45) is 1.65. The Kier molecular flexibility index (Phi) is 7.20. The van der Waals surface area contributed by atoms with Crippen LogP contribution in [0, 0.1) is 0 Å². The standard InChI is InChI=1S/C23H23ClN2O5/c1-28-18-12-15(7-8-16(18)21-17(24)6-5-9-25-21)23(27)26-13-14-10-19(29-2)22(31-4)20(11-14)30-3/h5-12H,13H2,1-4H3,(H,26,27). The number of nitrogens with one attached hydrogen (secondary N) is 1. The highest BCUT2D eigenvalue weighted by atomic mass is 35.5. The molecule has 0 unspecified atom stereocenters. The Morgan fingerprint density at radius 1 is 0.935 bits per heavy atom. The van der Waals surface area contributed by atoms with Crippen molar-refractivity contribution < 1.29 is 23.7 Å². The van der Waals surface area contributed by atoms with Crippen LogP contribution in [0.1, 0.15) is 15.9 Å². The van der Waals surface area contributed by atoms with Gasteiger partial charge in [0, 0.05) is 23.9 Å². The van der Waals surface area contributed by atoms with Crippen molar-refractivity contribution in [2.45, 2.75) is 6.54 Å². The van der Waals surface area contributed by atoms with Crippen LogP contribution in [0.2, 0.25) is 5.02 Å². The number of carbonyl (C=O) groups is 1. The summed E-state index contributed by atoms with van der Waals surface area (Å²) in [7, 11) is 6.16.